The Morgan fingerprint density at radius 2 is 2.19 bits per heavy atom. The van der Waals surface area contributed by atoms with Crippen molar-refractivity contribution in [2.75, 3.05) is 19.8 Å². The van der Waals surface area contributed by atoms with Crippen molar-refractivity contribution >= 4 is 5.97 Å². The molecule has 3 heterocycles. The molecule has 0 radical (unpaired) electrons. The Morgan fingerprint density at radius 3 is 2.81 bits per heavy atom. The van der Waals surface area contributed by atoms with Crippen molar-refractivity contribution < 1.29 is 19.4 Å². The van der Waals surface area contributed by atoms with Gasteiger partial charge < -0.3 is 14.6 Å². The van der Waals surface area contributed by atoms with Crippen molar-refractivity contribution in [1.82, 2.24) is 20.2 Å². The molecule has 0 aliphatic carbocycles. The topological polar surface area (TPSA) is 99.4 Å². The third-order valence-electron chi connectivity index (χ3n) is 4.56. The lowest BCUT2D eigenvalue weighted by Gasteiger charge is -2.33. The van der Waals surface area contributed by atoms with E-state index in [2.05, 4.69) is 22.4 Å². The molecule has 8 nitrogen and oxygen atoms in total. The van der Waals surface area contributed by atoms with Crippen molar-refractivity contribution in [1.29, 1.82) is 0 Å². The van der Waals surface area contributed by atoms with E-state index >= 15 is 0 Å². The molecule has 21 heavy (non-hydrogen) atoms. The van der Waals surface area contributed by atoms with Crippen LogP contribution in [0.4, 0.5) is 0 Å². The molecule has 1 N–H and O–H groups in total. The van der Waals surface area contributed by atoms with Crippen LogP contribution in [0, 0.1) is 11.3 Å². The summed E-state index contributed by atoms with van der Waals surface area (Å²) in [5, 5.41) is 21.4. The van der Waals surface area contributed by atoms with Gasteiger partial charge in [0.1, 0.15) is 6.10 Å². The van der Waals surface area contributed by atoms with Crippen LogP contribution in [0.2, 0.25) is 0 Å². The third-order valence-corrected chi connectivity index (χ3v) is 4.56. The largest absolute Gasteiger partial charge is 0.481 e. The van der Waals surface area contributed by atoms with E-state index in [0.29, 0.717) is 44.4 Å². The van der Waals surface area contributed by atoms with Gasteiger partial charge in [-0.05, 0) is 35.6 Å². The van der Waals surface area contributed by atoms with Crippen molar-refractivity contribution in [2.24, 2.45) is 11.3 Å². The molecule has 2 fully saturated rings. The Labute approximate surface area is 122 Å². The highest BCUT2D eigenvalue weighted by molar-refractivity contribution is 5.74. The van der Waals surface area contributed by atoms with Gasteiger partial charge in [0, 0.05) is 19.8 Å². The SMILES string of the molecule is CC1CCOC1c1nnnn1CC1(C(=O)O)CCOCC1. The van der Waals surface area contributed by atoms with Crippen LogP contribution >= 0.6 is 0 Å². The summed E-state index contributed by atoms with van der Waals surface area (Å²) in [7, 11) is 0. The first-order valence-electron chi connectivity index (χ1n) is 7.31. The lowest BCUT2D eigenvalue weighted by Crippen LogP contribution is -2.41. The molecular weight excluding hydrogens is 276 g/mol. The van der Waals surface area contributed by atoms with Gasteiger partial charge in [-0.15, -0.1) is 5.10 Å². The third kappa shape index (κ3) is 2.65. The number of carbonyl (C=O) groups is 1. The van der Waals surface area contributed by atoms with Gasteiger partial charge in [-0.2, -0.15) is 0 Å². The predicted octanol–water partition coefficient (Wildman–Crippen LogP) is 0.652. The molecule has 0 saturated carbocycles. The zero-order chi connectivity index (χ0) is 14.9. The molecular formula is C13H20N4O4. The van der Waals surface area contributed by atoms with Gasteiger partial charge in [0.25, 0.3) is 0 Å². The fourth-order valence-electron chi connectivity index (χ4n) is 3.04. The molecule has 2 aliphatic rings. The maximum Gasteiger partial charge on any atom is 0.311 e. The number of aromatic nitrogens is 4. The molecule has 8 heteroatoms. The molecule has 1 aromatic heterocycles. The van der Waals surface area contributed by atoms with E-state index in [-0.39, 0.29) is 12.6 Å². The van der Waals surface area contributed by atoms with Gasteiger partial charge in [-0.3, -0.25) is 4.79 Å². The minimum Gasteiger partial charge on any atom is -0.481 e. The highest BCUT2D eigenvalue weighted by Crippen LogP contribution is 2.36. The Bertz CT molecular complexity index is 512. The average Bonchev–Trinajstić information content (AvgIpc) is 3.08. The van der Waals surface area contributed by atoms with E-state index in [1.54, 1.807) is 4.68 Å². The number of nitrogens with zero attached hydrogens (tertiary/aromatic N) is 4. The number of rotatable bonds is 4. The summed E-state index contributed by atoms with van der Waals surface area (Å²) >= 11 is 0. The van der Waals surface area contributed by atoms with E-state index in [0.717, 1.165) is 6.42 Å². The Kier molecular flexibility index (Phi) is 3.90. The zero-order valence-electron chi connectivity index (χ0n) is 12.1. The van der Waals surface area contributed by atoms with Crippen LogP contribution in [-0.4, -0.2) is 51.1 Å². The van der Waals surface area contributed by atoms with E-state index in [1.807, 2.05) is 0 Å². The number of carboxylic acid groups (broad SMARTS) is 1. The summed E-state index contributed by atoms with van der Waals surface area (Å²) < 4.78 is 12.6. The predicted molar refractivity (Wildman–Crippen MR) is 70.4 cm³/mol. The Morgan fingerprint density at radius 1 is 1.43 bits per heavy atom. The molecule has 0 amide bonds. The minimum absolute atomic E-state index is 0.148. The maximum absolute atomic E-state index is 11.7. The summed E-state index contributed by atoms with van der Waals surface area (Å²) in [5.74, 6) is 0.157. The number of hydrogen-bond acceptors (Lipinski definition) is 6. The summed E-state index contributed by atoms with van der Waals surface area (Å²) in [6, 6.07) is 0. The standard InChI is InChI=1S/C13H20N4O4/c1-9-2-5-21-10(9)11-14-15-16-17(11)8-13(12(18)19)3-6-20-7-4-13/h9-10H,2-8H2,1H3,(H,18,19). The summed E-state index contributed by atoms with van der Waals surface area (Å²) in [6.07, 6.45) is 1.77. The lowest BCUT2D eigenvalue weighted by molar-refractivity contribution is -0.156. The number of ether oxygens (including phenoxy) is 2. The van der Waals surface area contributed by atoms with Crippen LogP contribution in [0.15, 0.2) is 0 Å². The smallest absolute Gasteiger partial charge is 0.311 e. The Balaban J connectivity index is 1.84. The maximum atomic E-state index is 11.7. The first kappa shape index (κ1) is 14.4. The lowest BCUT2D eigenvalue weighted by atomic mass is 9.80. The second-order valence-electron chi connectivity index (χ2n) is 5.95. The first-order chi connectivity index (χ1) is 10.1. The van der Waals surface area contributed by atoms with Crippen molar-refractivity contribution in [2.45, 2.75) is 38.8 Å². The van der Waals surface area contributed by atoms with Gasteiger partial charge in [-0.25, -0.2) is 4.68 Å². The minimum atomic E-state index is -0.857. The van der Waals surface area contributed by atoms with Crippen molar-refractivity contribution in [3.63, 3.8) is 0 Å². The monoisotopic (exact) mass is 296 g/mol. The van der Waals surface area contributed by atoms with Gasteiger partial charge in [0.2, 0.25) is 0 Å². The highest BCUT2D eigenvalue weighted by atomic mass is 16.5. The van der Waals surface area contributed by atoms with Crippen molar-refractivity contribution in [3.8, 4) is 0 Å². The quantitative estimate of drug-likeness (QED) is 0.870. The van der Waals surface area contributed by atoms with Gasteiger partial charge in [0.15, 0.2) is 5.82 Å². The van der Waals surface area contributed by atoms with E-state index in [9.17, 15) is 9.90 Å². The number of carboxylic acids is 1. The van der Waals surface area contributed by atoms with Crippen LogP contribution in [0.25, 0.3) is 0 Å². The van der Waals surface area contributed by atoms with Crippen LogP contribution in [0.3, 0.4) is 0 Å². The number of aliphatic carboxylic acids is 1. The normalized spacial score (nSPS) is 28.6. The van der Waals surface area contributed by atoms with E-state index < -0.39 is 11.4 Å². The van der Waals surface area contributed by atoms with E-state index in [4.69, 9.17) is 9.47 Å². The molecule has 2 aliphatic heterocycles. The molecule has 2 saturated heterocycles. The molecule has 116 valence electrons. The second kappa shape index (κ2) is 5.69. The average molecular weight is 296 g/mol. The molecule has 0 spiro atoms. The van der Waals surface area contributed by atoms with Crippen LogP contribution in [0.5, 0.6) is 0 Å². The highest BCUT2D eigenvalue weighted by Gasteiger charge is 2.42. The molecule has 3 rings (SSSR count). The molecule has 0 bridgehead atoms. The van der Waals surface area contributed by atoms with Crippen molar-refractivity contribution in [3.05, 3.63) is 5.82 Å². The van der Waals surface area contributed by atoms with Crippen LogP contribution in [0.1, 0.15) is 38.1 Å². The molecule has 1 aromatic rings. The van der Waals surface area contributed by atoms with Gasteiger partial charge >= 0.3 is 5.97 Å². The van der Waals surface area contributed by atoms with Gasteiger partial charge in [0.05, 0.1) is 12.0 Å². The fraction of sp³-hybridized carbons (Fsp3) is 0.846. The number of hydrogen-bond donors (Lipinski definition) is 1. The fourth-order valence-corrected chi connectivity index (χ4v) is 3.04. The second-order valence-corrected chi connectivity index (χ2v) is 5.95. The van der Waals surface area contributed by atoms with Crippen LogP contribution in [-0.2, 0) is 20.8 Å². The zero-order valence-corrected chi connectivity index (χ0v) is 12.1. The molecule has 2 atom stereocenters. The van der Waals surface area contributed by atoms with Gasteiger partial charge in [-0.1, -0.05) is 6.92 Å². The molecule has 2 unspecified atom stereocenters. The first-order valence-corrected chi connectivity index (χ1v) is 7.31. The molecule has 0 aromatic carbocycles. The number of tetrazole rings is 1. The van der Waals surface area contributed by atoms with E-state index in [1.165, 1.54) is 0 Å². The summed E-state index contributed by atoms with van der Waals surface area (Å²) in [6.45, 7) is 3.97. The van der Waals surface area contributed by atoms with Crippen LogP contribution < -0.4 is 0 Å². The summed E-state index contributed by atoms with van der Waals surface area (Å²) in [5.41, 5.74) is -0.857. The summed E-state index contributed by atoms with van der Waals surface area (Å²) in [4.78, 5) is 11.7. The Hall–Kier alpha value is -1.54.